The van der Waals surface area contributed by atoms with Crippen molar-refractivity contribution in [3.8, 4) is 17.1 Å². The lowest BCUT2D eigenvalue weighted by atomic mass is 10.1. The zero-order valence-corrected chi connectivity index (χ0v) is 17.4. The van der Waals surface area contributed by atoms with Crippen LogP contribution in [0.4, 0.5) is 5.69 Å². The summed E-state index contributed by atoms with van der Waals surface area (Å²) < 4.78 is 11.4. The van der Waals surface area contributed by atoms with E-state index in [0.29, 0.717) is 35.0 Å². The summed E-state index contributed by atoms with van der Waals surface area (Å²) in [5, 5.41) is 14.7. The monoisotopic (exact) mass is 441 g/mol. The predicted molar refractivity (Wildman–Crippen MR) is 123 cm³/mol. The van der Waals surface area contributed by atoms with Gasteiger partial charge in [0.15, 0.2) is 0 Å². The molecule has 4 aromatic rings. The van der Waals surface area contributed by atoms with Gasteiger partial charge in [0.25, 0.3) is 11.6 Å². The van der Waals surface area contributed by atoms with Crippen LogP contribution in [0.25, 0.3) is 11.3 Å². The Morgan fingerprint density at radius 1 is 0.970 bits per heavy atom. The summed E-state index contributed by atoms with van der Waals surface area (Å²) in [6.07, 6.45) is 1.38. The van der Waals surface area contributed by atoms with E-state index in [1.54, 1.807) is 48.5 Å². The molecule has 0 aliphatic carbocycles. The second kappa shape index (κ2) is 10.1. The maximum Gasteiger partial charge on any atom is 0.271 e. The van der Waals surface area contributed by atoms with Gasteiger partial charge in [-0.2, -0.15) is 5.10 Å². The highest BCUT2D eigenvalue weighted by molar-refractivity contribution is 5.94. The van der Waals surface area contributed by atoms with Crippen LogP contribution >= 0.6 is 0 Å². The van der Waals surface area contributed by atoms with Gasteiger partial charge in [-0.15, -0.1) is 0 Å². The molecule has 0 saturated carbocycles. The average molecular weight is 441 g/mol. The van der Waals surface area contributed by atoms with Gasteiger partial charge in [0, 0.05) is 23.3 Å². The number of carbonyl (C=O) groups is 1. The molecule has 164 valence electrons. The summed E-state index contributed by atoms with van der Waals surface area (Å²) >= 11 is 0. The maximum atomic E-state index is 12.3. The SMILES string of the molecule is O=C(N/N=C/c1ccc(-c2ccc([N+](=O)[O-])cc2)o1)c1ccc(OCc2ccccc2)cc1. The number of nitro benzene ring substituents is 1. The lowest BCUT2D eigenvalue weighted by Crippen LogP contribution is -2.17. The van der Waals surface area contributed by atoms with Gasteiger partial charge in [-0.25, -0.2) is 5.43 Å². The van der Waals surface area contributed by atoms with Crippen molar-refractivity contribution in [3.05, 3.63) is 118 Å². The highest BCUT2D eigenvalue weighted by Gasteiger charge is 2.08. The minimum absolute atomic E-state index is 0.00518. The Bertz CT molecular complexity index is 1260. The van der Waals surface area contributed by atoms with Crippen LogP contribution < -0.4 is 10.2 Å². The molecule has 3 aromatic carbocycles. The molecule has 0 spiro atoms. The highest BCUT2D eigenvalue weighted by atomic mass is 16.6. The number of hydrazone groups is 1. The number of non-ortho nitro benzene ring substituents is 1. The number of furan rings is 1. The van der Waals surface area contributed by atoms with E-state index in [9.17, 15) is 14.9 Å². The second-order valence-electron chi connectivity index (χ2n) is 7.00. The van der Waals surface area contributed by atoms with Gasteiger partial charge >= 0.3 is 0 Å². The number of hydrogen-bond donors (Lipinski definition) is 1. The number of carbonyl (C=O) groups excluding carboxylic acids is 1. The molecular formula is C25H19N3O5. The van der Waals surface area contributed by atoms with Gasteiger partial charge in [0.1, 0.15) is 23.9 Å². The molecule has 0 aliphatic rings. The fourth-order valence-electron chi connectivity index (χ4n) is 2.99. The molecule has 0 radical (unpaired) electrons. The molecule has 8 nitrogen and oxygen atoms in total. The number of benzene rings is 3. The van der Waals surface area contributed by atoms with Crippen LogP contribution in [0, 0.1) is 10.1 Å². The number of nitrogens with zero attached hydrogens (tertiary/aromatic N) is 2. The number of ether oxygens (including phenoxy) is 1. The van der Waals surface area contributed by atoms with Crippen LogP contribution in [0.2, 0.25) is 0 Å². The van der Waals surface area contributed by atoms with Crippen LogP contribution in [0.3, 0.4) is 0 Å². The molecule has 0 atom stereocenters. The number of rotatable bonds is 8. The Morgan fingerprint density at radius 2 is 1.70 bits per heavy atom. The molecule has 8 heteroatoms. The Balaban J connectivity index is 1.30. The Morgan fingerprint density at radius 3 is 2.39 bits per heavy atom. The Labute approximate surface area is 189 Å². The summed E-state index contributed by atoms with van der Waals surface area (Å²) in [6.45, 7) is 0.446. The van der Waals surface area contributed by atoms with Gasteiger partial charge in [0.05, 0.1) is 11.1 Å². The molecule has 1 aromatic heterocycles. The van der Waals surface area contributed by atoms with Crippen LogP contribution in [-0.4, -0.2) is 17.0 Å². The van der Waals surface area contributed by atoms with Crippen LogP contribution in [0.15, 0.2) is 101 Å². The summed E-state index contributed by atoms with van der Waals surface area (Å²) in [5.74, 6) is 1.24. The van der Waals surface area contributed by atoms with Gasteiger partial charge in [0.2, 0.25) is 0 Å². The van der Waals surface area contributed by atoms with Crippen molar-refractivity contribution in [3.63, 3.8) is 0 Å². The first-order valence-corrected chi connectivity index (χ1v) is 10.0. The molecule has 1 N–H and O–H groups in total. The van der Waals surface area contributed by atoms with E-state index >= 15 is 0 Å². The lowest BCUT2D eigenvalue weighted by molar-refractivity contribution is -0.384. The third-order valence-corrected chi connectivity index (χ3v) is 4.71. The summed E-state index contributed by atoms with van der Waals surface area (Å²) in [4.78, 5) is 22.6. The zero-order valence-electron chi connectivity index (χ0n) is 17.4. The Hall–Kier alpha value is -4.72. The largest absolute Gasteiger partial charge is 0.489 e. The molecule has 1 heterocycles. The van der Waals surface area contributed by atoms with Crippen molar-refractivity contribution in [2.45, 2.75) is 6.61 Å². The quantitative estimate of drug-likeness (QED) is 0.230. The third kappa shape index (κ3) is 5.71. The van der Waals surface area contributed by atoms with E-state index in [0.717, 1.165) is 5.56 Å². The molecule has 0 unspecified atom stereocenters. The van der Waals surface area contributed by atoms with E-state index in [2.05, 4.69) is 10.5 Å². The first-order chi connectivity index (χ1) is 16.1. The molecular weight excluding hydrogens is 422 g/mol. The normalized spacial score (nSPS) is 10.8. The van der Waals surface area contributed by atoms with E-state index in [-0.39, 0.29) is 11.6 Å². The van der Waals surface area contributed by atoms with Crippen molar-refractivity contribution in [2.75, 3.05) is 0 Å². The molecule has 0 saturated heterocycles. The fourth-order valence-corrected chi connectivity index (χ4v) is 2.99. The Kier molecular flexibility index (Phi) is 6.56. The minimum atomic E-state index is -0.460. The summed E-state index contributed by atoms with van der Waals surface area (Å²) in [7, 11) is 0. The zero-order chi connectivity index (χ0) is 23.0. The molecule has 4 rings (SSSR count). The number of amides is 1. The van der Waals surface area contributed by atoms with E-state index in [4.69, 9.17) is 9.15 Å². The van der Waals surface area contributed by atoms with E-state index in [1.165, 1.54) is 18.3 Å². The topological polar surface area (TPSA) is 107 Å². The predicted octanol–water partition coefficient (Wildman–Crippen LogP) is 5.20. The molecule has 0 aliphatic heterocycles. The van der Waals surface area contributed by atoms with E-state index < -0.39 is 4.92 Å². The molecule has 33 heavy (non-hydrogen) atoms. The molecule has 0 bridgehead atoms. The first kappa shape index (κ1) is 21.5. The van der Waals surface area contributed by atoms with Gasteiger partial charge in [-0.05, 0) is 54.1 Å². The smallest absolute Gasteiger partial charge is 0.271 e. The van der Waals surface area contributed by atoms with Crippen LogP contribution in [-0.2, 0) is 6.61 Å². The second-order valence-corrected chi connectivity index (χ2v) is 7.00. The fraction of sp³-hybridized carbons (Fsp3) is 0.0400. The summed E-state index contributed by atoms with van der Waals surface area (Å²) in [5.41, 5.74) is 4.64. The van der Waals surface area contributed by atoms with Crippen LogP contribution in [0.5, 0.6) is 5.75 Å². The highest BCUT2D eigenvalue weighted by Crippen LogP contribution is 2.24. The van der Waals surface area contributed by atoms with Gasteiger partial charge < -0.3 is 9.15 Å². The van der Waals surface area contributed by atoms with Gasteiger partial charge in [-0.3, -0.25) is 14.9 Å². The molecule has 0 fully saturated rings. The maximum absolute atomic E-state index is 12.3. The first-order valence-electron chi connectivity index (χ1n) is 10.0. The average Bonchev–Trinajstić information content (AvgIpc) is 3.32. The standard InChI is InChI=1S/C25H19N3O5/c29-25(20-8-12-22(13-9-20)32-17-18-4-2-1-3-5-18)27-26-16-23-14-15-24(33-23)19-6-10-21(11-7-19)28(30)31/h1-16H,17H2,(H,27,29)/b26-16+. The van der Waals surface area contributed by atoms with Crippen LogP contribution in [0.1, 0.15) is 21.7 Å². The van der Waals surface area contributed by atoms with Crippen molar-refractivity contribution in [1.82, 2.24) is 5.43 Å². The van der Waals surface area contributed by atoms with Gasteiger partial charge in [-0.1, -0.05) is 30.3 Å². The third-order valence-electron chi connectivity index (χ3n) is 4.71. The van der Waals surface area contributed by atoms with Crippen molar-refractivity contribution >= 4 is 17.8 Å². The number of hydrogen-bond acceptors (Lipinski definition) is 6. The van der Waals surface area contributed by atoms with Crippen molar-refractivity contribution in [1.29, 1.82) is 0 Å². The van der Waals surface area contributed by atoms with Crippen molar-refractivity contribution in [2.24, 2.45) is 5.10 Å². The lowest BCUT2D eigenvalue weighted by Gasteiger charge is -2.07. The van der Waals surface area contributed by atoms with Crippen molar-refractivity contribution < 1.29 is 18.9 Å². The number of nitro groups is 1. The number of nitrogens with one attached hydrogen (secondary N) is 1. The minimum Gasteiger partial charge on any atom is -0.489 e. The van der Waals surface area contributed by atoms with E-state index in [1.807, 2.05) is 30.3 Å². The summed E-state index contributed by atoms with van der Waals surface area (Å²) in [6, 6.07) is 26.0. The molecule has 1 amide bonds.